The van der Waals surface area contributed by atoms with E-state index in [0.29, 0.717) is 6.54 Å². The Morgan fingerprint density at radius 3 is 2.70 bits per heavy atom. The van der Waals surface area contributed by atoms with Gasteiger partial charge in [-0.25, -0.2) is 0 Å². The highest BCUT2D eigenvalue weighted by Gasteiger charge is 2.22. The molecule has 10 heavy (non-hydrogen) atoms. The van der Waals surface area contributed by atoms with Gasteiger partial charge in [-0.15, -0.1) is 0 Å². The van der Waals surface area contributed by atoms with Crippen molar-refractivity contribution >= 4 is 0 Å². The summed E-state index contributed by atoms with van der Waals surface area (Å²) in [5, 5.41) is 18.0. The first-order chi connectivity index (χ1) is 4.74. The van der Waals surface area contributed by atoms with Gasteiger partial charge < -0.3 is 10.2 Å². The molecule has 0 spiro atoms. The smallest absolute Gasteiger partial charge is 0.0667 e. The molecule has 3 heteroatoms. The lowest BCUT2D eigenvalue weighted by molar-refractivity contribution is 0.0294. The number of aliphatic hydroxyl groups is 2. The Morgan fingerprint density at radius 1 is 1.50 bits per heavy atom. The minimum atomic E-state index is -0.187. The minimum Gasteiger partial charge on any atom is -0.395 e. The molecule has 2 atom stereocenters. The van der Waals surface area contributed by atoms with Crippen molar-refractivity contribution in [1.82, 2.24) is 4.90 Å². The Hall–Kier alpha value is -0.120. The Kier molecular flexibility index (Phi) is 2.65. The number of hydrogen-bond donors (Lipinski definition) is 2. The third kappa shape index (κ3) is 1.68. The molecule has 2 N–H and O–H groups in total. The number of hydrogen-bond acceptors (Lipinski definition) is 3. The fourth-order valence-corrected chi connectivity index (χ4v) is 1.41. The van der Waals surface area contributed by atoms with E-state index in [1.165, 1.54) is 0 Å². The van der Waals surface area contributed by atoms with E-state index < -0.39 is 0 Å². The molecule has 0 bridgehead atoms. The van der Waals surface area contributed by atoms with E-state index in [0.717, 1.165) is 12.8 Å². The summed E-state index contributed by atoms with van der Waals surface area (Å²) in [6.45, 7) is 0.911. The normalized spacial score (nSPS) is 36.3. The van der Waals surface area contributed by atoms with Crippen LogP contribution in [-0.4, -0.2) is 47.5 Å². The van der Waals surface area contributed by atoms with Crippen LogP contribution in [0.4, 0.5) is 0 Å². The zero-order valence-corrected chi connectivity index (χ0v) is 6.32. The average Bonchev–Trinajstić information content (AvgIpc) is 1.88. The van der Waals surface area contributed by atoms with Crippen molar-refractivity contribution in [3.63, 3.8) is 0 Å². The zero-order chi connectivity index (χ0) is 7.56. The van der Waals surface area contributed by atoms with Crippen LogP contribution in [0.25, 0.3) is 0 Å². The van der Waals surface area contributed by atoms with Gasteiger partial charge in [0.25, 0.3) is 0 Å². The van der Waals surface area contributed by atoms with Gasteiger partial charge in [-0.1, -0.05) is 0 Å². The summed E-state index contributed by atoms with van der Waals surface area (Å²) in [5.74, 6) is 0. The molecular formula is C7H15NO2. The van der Waals surface area contributed by atoms with Crippen LogP contribution in [0.2, 0.25) is 0 Å². The van der Waals surface area contributed by atoms with Gasteiger partial charge in [0, 0.05) is 12.6 Å². The molecule has 1 aliphatic heterocycles. The molecule has 0 aromatic rings. The van der Waals surface area contributed by atoms with Crippen LogP contribution < -0.4 is 0 Å². The molecule has 1 fully saturated rings. The van der Waals surface area contributed by atoms with E-state index in [2.05, 4.69) is 0 Å². The second-order valence-electron chi connectivity index (χ2n) is 3.01. The summed E-state index contributed by atoms with van der Waals surface area (Å²) in [6, 6.07) is 0.267. The average molecular weight is 145 g/mol. The summed E-state index contributed by atoms with van der Waals surface area (Å²) in [7, 11) is 1.93. The monoisotopic (exact) mass is 145 g/mol. The van der Waals surface area contributed by atoms with E-state index in [1.54, 1.807) is 0 Å². The maximum Gasteiger partial charge on any atom is 0.0667 e. The van der Waals surface area contributed by atoms with Crippen molar-refractivity contribution in [1.29, 1.82) is 0 Å². The molecule has 1 heterocycles. The molecule has 2 unspecified atom stereocenters. The van der Waals surface area contributed by atoms with Crippen LogP contribution in [0.3, 0.4) is 0 Å². The SMILES string of the molecule is CN1CC(O)CCC1CO. The standard InChI is InChI=1S/C7H15NO2/c1-8-4-7(10)3-2-6(8)5-9/h6-7,9-10H,2-5H2,1H3. The molecular weight excluding hydrogens is 130 g/mol. The van der Waals surface area contributed by atoms with Crippen molar-refractivity contribution in [3.05, 3.63) is 0 Å². The number of aliphatic hydroxyl groups excluding tert-OH is 2. The lowest BCUT2D eigenvalue weighted by Gasteiger charge is -2.33. The third-order valence-corrected chi connectivity index (χ3v) is 2.17. The molecule has 1 rings (SSSR count). The Balaban J connectivity index is 2.36. The zero-order valence-electron chi connectivity index (χ0n) is 6.32. The summed E-state index contributed by atoms with van der Waals surface area (Å²) < 4.78 is 0. The highest BCUT2D eigenvalue weighted by atomic mass is 16.3. The summed E-state index contributed by atoms with van der Waals surface area (Å²) in [5.41, 5.74) is 0. The van der Waals surface area contributed by atoms with Crippen LogP contribution in [0.15, 0.2) is 0 Å². The first-order valence-corrected chi connectivity index (χ1v) is 3.73. The van der Waals surface area contributed by atoms with E-state index in [1.807, 2.05) is 11.9 Å². The van der Waals surface area contributed by atoms with E-state index >= 15 is 0 Å². The van der Waals surface area contributed by atoms with Gasteiger partial charge in [0.15, 0.2) is 0 Å². The highest BCUT2D eigenvalue weighted by Crippen LogP contribution is 2.14. The minimum absolute atomic E-state index is 0.187. The number of β-amino-alcohol motifs (C(OH)–C–C–N with tert-alkyl or cyclic N) is 1. The topological polar surface area (TPSA) is 43.7 Å². The molecule has 0 radical (unpaired) electrons. The molecule has 3 nitrogen and oxygen atoms in total. The molecule has 1 saturated heterocycles. The maximum atomic E-state index is 9.17. The predicted molar refractivity (Wildman–Crippen MR) is 38.7 cm³/mol. The fraction of sp³-hybridized carbons (Fsp3) is 1.00. The van der Waals surface area contributed by atoms with Crippen LogP contribution >= 0.6 is 0 Å². The Bertz CT molecular complexity index is 108. The molecule has 1 aliphatic rings. The quantitative estimate of drug-likeness (QED) is 0.519. The lowest BCUT2D eigenvalue weighted by Crippen LogP contribution is -2.44. The summed E-state index contributed by atoms with van der Waals surface area (Å²) in [4.78, 5) is 2.01. The van der Waals surface area contributed by atoms with Crippen LogP contribution in [-0.2, 0) is 0 Å². The molecule has 60 valence electrons. The highest BCUT2D eigenvalue weighted by molar-refractivity contribution is 4.77. The van der Waals surface area contributed by atoms with Crippen LogP contribution in [0, 0.1) is 0 Å². The maximum absolute atomic E-state index is 9.17. The number of nitrogens with zero attached hydrogens (tertiary/aromatic N) is 1. The van der Waals surface area contributed by atoms with Crippen LogP contribution in [0.1, 0.15) is 12.8 Å². The van der Waals surface area contributed by atoms with Gasteiger partial charge in [0.05, 0.1) is 12.7 Å². The van der Waals surface area contributed by atoms with Crippen molar-refractivity contribution in [3.8, 4) is 0 Å². The van der Waals surface area contributed by atoms with Gasteiger partial charge in [-0.05, 0) is 19.9 Å². The second-order valence-corrected chi connectivity index (χ2v) is 3.01. The van der Waals surface area contributed by atoms with Gasteiger partial charge in [0.2, 0.25) is 0 Å². The van der Waals surface area contributed by atoms with Gasteiger partial charge in [0.1, 0.15) is 0 Å². The number of likely N-dealkylation sites (tertiary alicyclic amines) is 1. The van der Waals surface area contributed by atoms with Crippen molar-refractivity contribution in [2.45, 2.75) is 25.0 Å². The Labute approximate surface area is 61.3 Å². The number of piperidine rings is 1. The van der Waals surface area contributed by atoms with Crippen molar-refractivity contribution in [2.24, 2.45) is 0 Å². The largest absolute Gasteiger partial charge is 0.395 e. The third-order valence-electron chi connectivity index (χ3n) is 2.17. The molecule has 0 aliphatic carbocycles. The first-order valence-electron chi connectivity index (χ1n) is 3.73. The van der Waals surface area contributed by atoms with Crippen molar-refractivity contribution < 1.29 is 10.2 Å². The molecule has 0 saturated carbocycles. The van der Waals surface area contributed by atoms with Gasteiger partial charge in [-0.2, -0.15) is 0 Å². The van der Waals surface area contributed by atoms with Crippen molar-refractivity contribution in [2.75, 3.05) is 20.2 Å². The fourth-order valence-electron chi connectivity index (χ4n) is 1.41. The molecule has 0 amide bonds. The van der Waals surface area contributed by atoms with Gasteiger partial charge >= 0.3 is 0 Å². The Morgan fingerprint density at radius 2 is 2.20 bits per heavy atom. The second kappa shape index (κ2) is 3.32. The lowest BCUT2D eigenvalue weighted by atomic mass is 10.0. The summed E-state index contributed by atoms with van der Waals surface area (Å²) >= 11 is 0. The van der Waals surface area contributed by atoms with E-state index in [-0.39, 0.29) is 18.8 Å². The summed E-state index contributed by atoms with van der Waals surface area (Å²) in [6.07, 6.45) is 1.55. The van der Waals surface area contributed by atoms with E-state index in [9.17, 15) is 0 Å². The number of likely N-dealkylation sites (N-methyl/N-ethyl adjacent to an activating group) is 1. The van der Waals surface area contributed by atoms with Crippen LogP contribution in [0.5, 0.6) is 0 Å². The van der Waals surface area contributed by atoms with E-state index in [4.69, 9.17) is 10.2 Å². The molecule has 0 aromatic carbocycles. The predicted octanol–water partition coefficient (Wildman–Crippen LogP) is -0.566. The number of rotatable bonds is 1. The van der Waals surface area contributed by atoms with Gasteiger partial charge in [-0.3, -0.25) is 4.90 Å². The first kappa shape index (κ1) is 7.98. The molecule has 0 aromatic heterocycles.